The summed E-state index contributed by atoms with van der Waals surface area (Å²) in [5.41, 5.74) is 7.97. The fraction of sp³-hybridized carbons (Fsp3) is 0.0833. The Morgan fingerprint density at radius 2 is 1.55 bits per heavy atom. The van der Waals surface area contributed by atoms with Gasteiger partial charge in [0.2, 0.25) is 0 Å². The number of hydrogen-bond acceptors (Lipinski definition) is 5. The Morgan fingerprint density at radius 1 is 0.871 bits per heavy atom. The van der Waals surface area contributed by atoms with E-state index in [1.807, 2.05) is 6.07 Å². The van der Waals surface area contributed by atoms with E-state index in [4.69, 9.17) is 15.2 Å². The first-order valence-electron chi connectivity index (χ1n) is 9.47. The Morgan fingerprint density at radius 3 is 2.19 bits per heavy atom. The highest BCUT2D eigenvalue weighted by molar-refractivity contribution is 6.10. The normalized spacial score (nSPS) is 10.8. The number of benzene rings is 3. The van der Waals surface area contributed by atoms with Gasteiger partial charge in [0.25, 0.3) is 11.8 Å². The molecule has 0 fully saturated rings. The molecule has 158 valence electrons. The van der Waals surface area contributed by atoms with Crippen molar-refractivity contribution in [1.82, 2.24) is 5.32 Å². The third-order valence-corrected chi connectivity index (χ3v) is 4.42. The second-order valence-corrected chi connectivity index (χ2v) is 6.57. The van der Waals surface area contributed by atoms with Gasteiger partial charge in [0.05, 0.1) is 14.2 Å². The molecule has 0 heterocycles. The van der Waals surface area contributed by atoms with Crippen molar-refractivity contribution in [2.45, 2.75) is 0 Å². The van der Waals surface area contributed by atoms with Crippen LogP contribution in [0.2, 0.25) is 0 Å². The zero-order valence-corrected chi connectivity index (χ0v) is 17.2. The van der Waals surface area contributed by atoms with Crippen molar-refractivity contribution in [2.24, 2.45) is 0 Å². The van der Waals surface area contributed by atoms with E-state index in [9.17, 15) is 9.59 Å². The minimum Gasteiger partial charge on any atom is -0.493 e. The van der Waals surface area contributed by atoms with Crippen LogP contribution in [0.1, 0.15) is 15.9 Å². The van der Waals surface area contributed by atoms with Crippen LogP contribution in [0.5, 0.6) is 11.5 Å². The summed E-state index contributed by atoms with van der Waals surface area (Å²) in [5.74, 6) is 0.174. The highest BCUT2D eigenvalue weighted by Crippen LogP contribution is 2.28. The molecule has 0 spiro atoms. The fourth-order valence-corrected chi connectivity index (χ4v) is 2.82. The summed E-state index contributed by atoms with van der Waals surface area (Å²) in [5, 5.41) is 5.46. The summed E-state index contributed by atoms with van der Waals surface area (Å²) in [4.78, 5) is 25.6. The molecule has 3 aromatic carbocycles. The molecule has 0 atom stereocenters. The topological polar surface area (TPSA) is 103 Å². The number of carbonyl (C=O) groups is 2. The average molecular weight is 417 g/mol. The minimum atomic E-state index is -0.483. The summed E-state index contributed by atoms with van der Waals surface area (Å²) in [6.07, 6.45) is 1.56. The van der Waals surface area contributed by atoms with Crippen molar-refractivity contribution < 1.29 is 19.1 Å². The van der Waals surface area contributed by atoms with Crippen LogP contribution >= 0.6 is 0 Å². The number of anilines is 2. The van der Waals surface area contributed by atoms with E-state index in [-0.39, 0.29) is 5.70 Å². The molecule has 2 amide bonds. The summed E-state index contributed by atoms with van der Waals surface area (Å²) in [6, 6.07) is 20.6. The third kappa shape index (κ3) is 5.63. The van der Waals surface area contributed by atoms with Crippen molar-refractivity contribution in [3.63, 3.8) is 0 Å². The Hall–Kier alpha value is -4.26. The Labute approximate surface area is 180 Å². The second kappa shape index (κ2) is 9.98. The van der Waals surface area contributed by atoms with Crippen LogP contribution < -0.4 is 25.8 Å². The first-order valence-corrected chi connectivity index (χ1v) is 9.47. The molecule has 0 aliphatic rings. The van der Waals surface area contributed by atoms with Gasteiger partial charge < -0.3 is 25.8 Å². The minimum absolute atomic E-state index is 0.0675. The molecule has 7 heteroatoms. The predicted molar refractivity (Wildman–Crippen MR) is 121 cm³/mol. The summed E-state index contributed by atoms with van der Waals surface area (Å²) >= 11 is 0. The number of amides is 2. The van der Waals surface area contributed by atoms with Crippen LogP contribution in [0.25, 0.3) is 6.08 Å². The van der Waals surface area contributed by atoms with Gasteiger partial charge in [-0.3, -0.25) is 9.59 Å². The summed E-state index contributed by atoms with van der Waals surface area (Å²) in [6.45, 7) is 0. The number of rotatable bonds is 7. The van der Waals surface area contributed by atoms with Crippen LogP contribution in [0.4, 0.5) is 11.4 Å². The van der Waals surface area contributed by atoms with Gasteiger partial charge in [-0.1, -0.05) is 24.3 Å². The van der Waals surface area contributed by atoms with E-state index in [0.29, 0.717) is 34.0 Å². The highest BCUT2D eigenvalue weighted by atomic mass is 16.5. The number of carbonyl (C=O) groups excluding carboxylic acids is 2. The van der Waals surface area contributed by atoms with Crippen molar-refractivity contribution in [3.8, 4) is 11.5 Å². The van der Waals surface area contributed by atoms with Crippen LogP contribution in [0, 0.1) is 0 Å². The van der Waals surface area contributed by atoms with Crippen molar-refractivity contribution >= 4 is 29.3 Å². The number of hydrogen-bond donors (Lipinski definition) is 3. The van der Waals surface area contributed by atoms with E-state index >= 15 is 0 Å². The lowest BCUT2D eigenvalue weighted by Crippen LogP contribution is -2.30. The summed E-state index contributed by atoms with van der Waals surface area (Å²) < 4.78 is 10.6. The van der Waals surface area contributed by atoms with E-state index in [1.54, 1.807) is 79.9 Å². The number of nitrogens with two attached hydrogens (primary N) is 1. The maximum atomic E-state index is 13.0. The van der Waals surface area contributed by atoms with Gasteiger partial charge in [-0.25, -0.2) is 0 Å². The molecule has 0 aliphatic heterocycles. The summed E-state index contributed by atoms with van der Waals surface area (Å²) in [7, 11) is 3.07. The SMILES string of the molecule is COc1ccc(C=C(NC(=O)c2ccccc2)C(=O)Nc2ccc(N)cc2)cc1OC. The number of methoxy groups -OCH3 is 2. The molecule has 7 nitrogen and oxygen atoms in total. The average Bonchev–Trinajstić information content (AvgIpc) is 2.80. The molecule has 31 heavy (non-hydrogen) atoms. The molecule has 0 aliphatic carbocycles. The monoisotopic (exact) mass is 417 g/mol. The maximum Gasteiger partial charge on any atom is 0.272 e. The second-order valence-electron chi connectivity index (χ2n) is 6.57. The van der Waals surface area contributed by atoms with E-state index in [0.717, 1.165) is 0 Å². The van der Waals surface area contributed by atoms with Gasteiger partial charge in [-0.2, -0.15) is 0 Å². The standard InChI is InChI=1S/C24H23N3O4/c1-30-21-13-8-16(15-22(21)31-2)14-20(27-23(28)17-6-4-3-5-7-17)24(29)26-19-11-9-18(25)10-12-19/h3-15H,25H2,1-2H3,(H,26,29)(H,27,28). The van der Waals surface area contributed by atoms with Gasteiger partial charge in [-0.05, 0) is 60.2 Å². The number of ether oxygens (including phenoxy) is 2. The smallest absolute Gasteiger partial charge is 0.272 e. The van der Waals surface area contributed by atoms with E-state index in [1.165, 1.54) is 7.11 Å². The quantitative estimate of drug-likeness (QED) is 0.402. The van der Waals surface area contributed by atoms with Crippen molar-refractivity contribution in [3.05, 3.63) is 89.6 Å². The molecule has 3 rings (SSSR count). The van der Waals surface area contributed by atoms with Gasteiger partial charge in [0.15, 0.2) is 11.5 Å². The Kier molecular flexibility index (Phi) is 6.90. The molecule has 0 aromatic heterocycles. The lowest BCUT2D eigenvalue weighted by molar-refractivity contribution is -0.113. The molecule has 3 aromatic rings. The van der Waals surface area contributed by atoms with Crippen molar-refractivity contribution in [2.75, 3.05) is 25.3 Å². The molecule has 4 N–H and O–H groups in total. The zero-order chi connectivity index (χ0) is 22.2. The van der Waals surface area contributed by atoms with Gasteiger partial charge >= 0.3 is 0 Å². The lowest BCUT2D eigenvalue weighted by Gasteiger charge is -2.12. The van der Waals surface area contributed by atoms with Crippen LogP contribution in [-0.2, 0) is 4.79 Å². The van der Waals surface area contributed by atoms with E-state index < -0.39 is 11.8 Å². The molecular formula is C24H23N3O4. The molecular weight excluding hydrogens is 394 g/mol. The van der Waals surface area contributed by atoms with Crippen LogP contribution in [-0.4, -0.2) is 26.0 Å². The van der Waals surface area contributed by atoms with Crippen LogP contribution in [0.3, 0.4) is 0 Å². The highest BCUT2D eigenvalue weighted by Gasteiger charge is 2.15. The van der Waals surface area contributed by atoms with Gasteiger partial charge in [0.1, 0.15) is 5.70 Å². The van der Waals surface area contributed by atoms with Crippen LogP contribution in [0.15, 0.2) is 78.5 Å². The maximum absolute atomic E-state index is 13.0. The predicted octanol–water partition coefficient (Wildman–Crippen LogP) is 3.70. The molecule has 0 bridgehead atoms. The molecule has 0 saturated carbocycles. The molecule has 0 radical (unpaired) electrons. The first kappa shape index (κ1) is 21.4. The fourth-order valence-electron chi connectivity index (χ4n) is 2.82. The Balaban J connectivity index is 1.92. The first-order chi connectivity index (χ1) is 15.0. The van der Waals surface area contributed by atoms with Gasteiger partial charge in [0, 0.05) is 16.9 Å². The molecule has 0 saturated heterocycles. The molecule has 0 unspecified atom stereocenters. The lowest BCUT2D eigenvalue weighted by atomic mass is 10.1. The number of nitrogens with one attached hydrogen (secondary N) is 2. The third-order valence-electron chi connectivity index (χ3n) is 4.42. The van der Waals surface area contributed by atoms with E-state index in [2.05, 4.69) is 10.6 Å². The Bertz CT molecular complexity index is 1090. The largest absolute Gasteiger partial charge is 0.493 e. The van der Waals surface area contributed by atoms with Crippen molar-refractivity contribution in [1.29, 1.82) is 0 Å². The van der Waals surface area contributed by atoms with Gasteiger partial charge in [-0.15, -0.1) is 0 Å². The number of nitrogen functional groups attached to an aromatic ring is 1. The zero-order valence-electron chi connectivity index (χ0n) is 17.2.